The maximum Gasteiger partial charge on any atom is 0.410 e. The van der Waals surface area contributed by atoms with Crippen molar-refractivity contribution in [3.63, 3.8) is 0 Å². The van der Waals surface area contributed by atoms with Crippen LogP contribution >= 0.6 is 23.2 Å². The third-order valence-corrected chi connectivity index (χ3v) is 7.46. The number of hydrogen-bond donors (Lipinski definition) is 3. The zero-order chi connectivity index (χ0) is 32.2. The van der Waals surface area contributed by atoms with Crippen molar-refractivity contribution in [3.05, 3.63) is 47.4 Å². The van der Waals surface area contributed by atoms with E-state index in [1.165, 1.54) is 18.3 Å². The lowest BCUT2D eigenvalue weighted by atomic mass is 10.0. The molecule has 0 spiro atoms. The largest absolute Gasteiger partial charge is 0.444 e. The number of halogens is 3. The Labute approximate surface area is 265 Å². The molecule has 3 aromatic heterocycles. The fourth-order valence-electron chi connectivity index (χ4n) is 4.91. The Kier molecular flexibility index (Phi) is 10.5. The molecule has 4 rings (SSSR count). The SMILES string of the molecule is Cc1n[nH]c(C)c1-c1ccc(NC(=O)[C@H](CCCC(Cl)Cl)NC(=O)c2ccnn2CC2CN(C(=O)OC(C)(C)C)C2)nc1F. The minimum absolute atomic E-state index is 0.00794. The number of pyridine rings is 1. The van der Waals surface area contributed by atoms with Gasteiger partial charge in [-0.3, -0.25) is 19.4 Å². The van der Waals surface area contributed by atoms with Crippen LogP contribution in [0.1, 0.15) is 61.9 Å². The standard InChI is InChI=1S/C29H37Cl2FN8O4/c1-16-24(17(2)38-37-16)19-9-10-23(35-25(19)32)36-26(41)20(7-6-8-22(30)31)34-27(42)21-11-12-33-40(21)15-18-13-39(14-18)28(43)44-29(3,4)5/h9-12,18,20,22H,6-8,13-15H2,1-5H3,(H,34,42)(H,37,38)(H,35,36,41)/t20-/m0/s1. The summed E-state index contributed by atoms with van der Waals surface area (Å²) in [5.41, 5.74) is 1.84. The number of carbonyl (C=O) groups excluding carboxylic acids is 3. The van der Waals surface area contributed by atoms with Gasteiger partial charge in [0.15, 0.2) is 0 Å². The molecular formula is C29H37Cl2FN8O4. The van der Waals surface area contributed by atoms with Crippen molar-refractivity contribution >= 4 is 46.9 Å². The van der Waals surface area contributed by atoms with E-state index in [-0.39, 0.29) is 35.5 Å². The molecule has 3 amide bonds. The van der Waals surface area contributed by atoms with Gasteiger partial charge < -0.3 is 20.3 Å². The highest BCUT2D eigenvalue weighted by Gasteiger charge is 2.35. The van der Waals surface area contributed by atoms with Crippen molar-refractivity contribution in [1.82, 2.24) is 35.2 Å². The maximum atomic E-state index is 15.0. The Bertz CT molecular complexity index is 1480. The van der Waals surface area contributed by atoms with Gasteiger partial charge in [-0.05, 0) is 72.1 Å². The molecule has 3 aromatic rings. The topological polar surface area (TPSA) is 147 Å². The van der Waals surface area contributed by atoms with E-state index in [1.54, 1.807) is 29.5 Å². The lowest BCUT2D eigenvalue weighted by Gasteiger charge is -2.39. The summed E-state index contributed by atoms with van der Waals surface area (Å²) in [4.78, 5) is 43.8. The summed E-state index contributed by atoms with van der Waals surface area (Å²) in [6, 6.07) is 3.57. The number of ether oxygens (including phenoxy) is 1. The van der Waals surface area contributed by atoms with E-state index in [4.69, 9.17) is 27.9 Å². The molecule has 12 nitrogen and oxygen atoms in total. The Morgan fingerprint density at radius 2 is 1.89 bits per heavy atom. The summed E-state index contributed by atoms with van der Waals surface area (Å²) in [7, 11) is 0. The summed E-state index contributed by atoms with van der Waals surface area (Å²) in [6.07, 6.45) is 2.19. The Morgan fingerprint density at radius 3 is 2.50 bits per heavy atom. The Hall–Kier alpha value is -3.71. The van der Waals surface area contributed by atoms with Crippen LogP contribution in [0.25, 0.3) is 11.1 Å². The van der Waals surface area contributed by atoms with E-state index in [1.807, 2.05) is 20.8 Å². The monoisotopic (exact) mass is 650 g/mol. The summed E-state index contributed by atoms with van der Waals surface area (Å²) in [6.45, 7) is 10.3. The molecule has 0 aliphatic carbocycles. The number of aryl methyl sites for hydroxylation is 2. The van der Waals surface area contributed by atoms with Crippen molar-refractivity contribution < 1.29 is 23.5 Å². The molecule has 4 heterocycles. The second-order valence-electron chi connectivity index (χ2n) is 11.8. The van der Waals surface area contributed by atoms with E-state index in [0.29, 0.717) is 49.4 Å². The van der Waals surface area contributed by atoms with Crippen LogP contribution in [-0.2, 0) is 16.1 Å². The first kappa shape index (κ1) is 33.2. The number of carbonyl (C=O) groups is 3. The molecule has 0 radical (unpaired) electrons. The molecule has 1 aliphatic rings. The van der Waals surface area contributed by atoms with Gasteiger partial charge in [0.1, 0.15) is 28.0 Å². The van der Waals surface area contributed by atoms with Gasteiger partial charge in [0.05, 0.1) is 5.69 Å². The first-order valence-corrected chi connectivity index (χ1v) is 15.2. The zero-order valence-electron chi connectivity index (χ0n) is 25.3. The average molecular weight is 652 g/mol. The van der Waals surface area contributed by atoms with Crippen molar-refractivity contribution in [2.75, 3.05) is 18.4 Å². The first-order chi connectivity index (χ1) is 20.7. The predicted molar refractivity (Wildman–Crippen MR) is 164 cm³/mol. The highest BCUT2D eigenvalue weighted by atomic mass is 35.5. The van der Waals surface area contributed by atoms with Gasteiger partial charge >= 0.3 is 6.09 Å². The average Bonchev–Trinajstić information content (AvgIpc) is 3.50. The number of nitrogens with one attached hydrogen (secondary N) is 3. The van der Waals surface area contributed by atoms with Crippen LogP contribution in [0.3, 0.4) is 0 Å². The van der Waals surface area contributed by atoms with Gasteiger partial charge in [-0.2, -0.15) is 14.6 Å². The number of H-pyrrole nitrogens is 1. The second-order valence-corrected chi connectivity index (χ2v) is 13.1. The summed E-state index contributed by atoms with van der Waals surface area (Å²) in [5, 5.41) is 16.5. The van der Waals surface area contributed by atoms with Crippen LogP contribution in [-0.4, -0.2) is 77.3 Å². The molecule has 0 saturated carbocycles. The van der Waals surface area contributed by atoms with Gasteiger partial charge in [-0.1, -0.05) is 0 Å². The molecule has 1 fully saturated rings. The summed E-state index contributed by atoms with van der Waals surface area (Å²) < 4.78 is 21.9. The fourth-order valence-corrected chi connectivity index (χ4v) is 5.21. The molecule has 44 heavy (non-hydrogen) atoms. The molecule has 1 atom stereocenters. The van der Waals surface area contributed by atoms with Gasteiger partial charge in [0.25, 0.3) is 5.91 Å². The van der Waals surface area contributed by atoms with Crippen molar-refractivity contribution in [2.24, 2.45) is 5.92 Å². The number of likely N-dealkylation sites (tertiary alicyclic amines) is 1. The number of aromatic amines is 1. The Balaban J connectivity index is 1.41. The molecule has 1 saturated heterocycles. The van der Waals surface area contributed by atoms with E-state index >= 15 is 0 Å². The van der Waals surface area contributed by atoms with Crippen LogP contribution in [0.5, 0.6) is 0 Å². The number of nitrogens with zero attached hydrogens (tertiary/aromatic N) is 5. The quantitative estimate of drug-likeness (QED) is 0.195. The number of amides is 3. The van der Waals surface area contributed by atoms with Crippen LogP contribution in [0.15, 0.2) is 24.4 Å². The van der Waals surface area contributed by atoms with Gasteiger partial charge in [0, 0.05) is 48.6 Å². The zero-order valence-corrected chi connectivity index (χ0v) is 26.8. The molecule has 238 valence electrons. The third-order valence-electron chi connectivity index (χ3n) is 7.02. The molecule has 3 N–H and O–H groups in total. The lowest BCUT2D eigenvalue weighted by Crippen LogP contribution is -2.53. The molecule has 0 unspecified atom stereocenters. The molecule has 0 bridgehead atoms. The predicted octanol–water partition coefficient (Wildman–Crippen LogP) is 5.00. The fraction of sp³-hybridized carbons (Fsp3) is 0.517. The van der Waals surface area contributed by atoms with Crippen molar-refractivity contribution in [1.29, 1.82) is 0 Å². The Morgan fingerprint density at radius 1 is 1.16 bits per heavy atom. The minimum Gasteiger partial charge on any atom is -0.444 e. The highest BCUT2D eigenvalue weighted by Crippen LogP contribution is 2.28. The molecule has 0 aromatic carbocycles. The van der Waals surface area contributed by atoms with Crippen LogP contribution in [0.2, 0.25) is 0 Å². The van der Waals surface area contributed by atoms with Crippen LogP contribution in [0.4, 0.5) is 15.0 Å². The molecule has 15 heteroatoms. The van der Waals surface area contributed by atoms with Gasteiger partial charge in [0.2, 0.25) is 11.9 Å². The smallest absolute Gasteiger partial charge is 0.410 e. The number of anilines is 1. The van der Waals surface area contributed by atoms with Gasteiger partial charge in [-0.25, -0.2) is 9.78 Å². The van der Waals surface area contributed by atoms with Crippen LogP contribution < -0.4 is 10.6 Å². The van der Waals surface area contributed by atoms with Crippen LogP contribution in [0, 0.1) is 25.7 Å². The first-order valence-electron chi connectivity index (χ1n) is 14.3. The van der Waals surface area contributed by atoms with E-state index in [2.05, 4.69) is 30.9 Å². The number of hydrogen-bond acceptors (Lipinski definition) is 7. The number of alkyl halides is 2. The second kappa shape index (κ2) is 13.9. The van der Waals surface area contributed by atoms with E-state index in [0.717, 1.165) is 0 Å². The number of aromatic nitrogens is 5. The number of rotatable bonds is 11. The molecular weight excluding hydrogens is 614 g/mol. The summed E-state index contributed by atoms with van der Waals surface area (Å²) >= 11 is 11.8. The highest BCUT2D eigenvalue weighted by molar-refractivity contribution is 6.44. The minimum atomic E-state index is -0.993. The van der Waals surface area contributed by atoms with E-state index < -0.39 is 34.2 Å². The third kappa shape index (κ3) is 8.47. The normalized spacial score (nSPS) is 14.3. The van der Waals surface area contributed by atoms with E-state index in [9.17, 15) is 18.8 Å². The maximum absolute atomic E-state index is 15.0. The lowest BCUT2D eigenvalue weighted by molar-refractivity contribution is -0.118. The van der Waals surface area contributed by atoms with Gasteiger partial charge in [-0.15, -0.1) is 23.2 Å². The summed E-state index contributed by atoms with van der Waals surface area (Å²) in [5.74, 6) is -1.79. The van der Waals surface area contributed by atoms with Crippen molar-refractivity contribution in [3.8, 4) is 11.1 Å². The molecule has 1 aliphatic heterocycles. The van der Waals surface area contributed by atoms with Crippen molar-refractivity contribution in [2.45, 2.75) is 76.9 Å².